The molecule has 0 spiro atoms. The Morgan fingerprint density at radius 3 is 2.78 bits per heavy atom. The number of carbonyl (C=O) groups is 2. The van der Waals surface area contributed by atoms with Gasteiger partial charge < -0.3 is 20.5 Å². The maximum Gasteiger partial charge on any atom is 0.268 e. The number of hydrogen-bond donors (Lipinski definition) is 3. The second-order valence-electron chi connectivity index (χ2n) is 9.11. The summed E-state index contributed by atoms with van der Waals surface area (Å²) in [6.07, 6.45) is 5.32. The molecule has 0 radical (unpaired) electrons. The molecule has 2 amide bonds. The Morgan fingerprint density at radius 1 is 1.30 bits per heavy atom. The zero-order chi connectivity index (χ0) is 26.4. The predicted molar refractivity (Wildman–Crippen MR) is 143 cm³/mol. The second-order valence-corrected chi connectivity index (χ2v) is 9.54. The van der Waals surface area contributed by atoms with Crippen LogP contribution in [0.25, 0.3) is 21.6 Å². The number of H-pyrrole nitrogens is 1. The number of rotatable bonds is 8. The molecule has 0 saturated carbocycles. The van der Waals surface area contributed by atoms with E-state index >= 15 is 0 Å². The first kappa shape index (κ1) is 26.1. The molecule has 3 N–H and O–H groups in total. The third-order valence-electron chi connectivity index (χ3n) is 6.52. The normalized spacial score (nSPS) is 14.5. The summed E-state index contributed by atoms with van der Waals surface area (Å²) < 4.78 is 0. The number of anilines is 1. The van der Waals surface area contributed by atoms with E-state index in [0.717, 1.165) is 54.0 Å². The molecule has 1 atom stereocenters. The highest BCUT2D eigenvalue weighted by molar-refractivity contribution is 6.30. The molecule has 0 aliphatic carbocycles. The Labute approximate surface area is 220 Å². The number of nitrogens with zero attached hydrogens (tertiary/aromatic N) is 5. The van der Waals surface area contributed by atoms with E-state index in [-0.39, 0.29) is 24.4 Å². The van der Waals surface area contributed by atoms with Crippen molar-refractivity contribution in [2.75, 3.05) is 25.0 Å². The van der Waals surface area contributed by atoms with Gasteiger partial charge in [0.2, 0.25) is 5.91 Å². The van der Waals surface area contributed by atoms with Gasteiger partial charge in [-0.2, -0.15) is 0 Å². The molecule has 3 heterocycles. The predicted octanol–water partition coefficient (Wildman–Crippen LogP) is 5.24. The first-order valence-corrected chi connectivity index (χ1v) is 12.5. The second kappa shape index (κ2) is 11.8. The molecular formula is C26H29ClN8O2. The summed E-state index contributed by atoms with van der Waals surface area (Å²) in [4.78, 5) is 36.9. The molecule has 3 aromatic rings. The van der Waals surface area contributed by atoms with E-state index in [4.69, 9.17) is 17.1 Å². The van der Waals surface area contributed by atoms with Gasteiger partial charge in [0.05, 0.1) is 12.6 Å². The number of halogens is 1. The molecule has 4 rings (SSSR count). The molecule has 0 bridgehead atoms. The van der Waals surface area contributed by atoms with Crippen LogP contribution in [0.1, 0.15) is 47.4 Å². The van der Waals surface area contributed by atoms with E-state index in [1.165, 1.54) is 0 Å². The van der Waals surface area contributed by atoms with Crippen LogP contribution in [-0.2, 0) is 4.79 Å². The molecule has 1 saturated heterocycles. The number of nitrogens with one attached hydrogen (secondary N) is 3. The van der Waals surface area contributed by atoms with Crippen LogP contribution < -0.4 is 10.6 Å². The highest BCUT2D eigenvalue weighted by atomic mass is 35.5. The lowest BCUT2D eigenvalue weighted by atomic mass is 10.0. The quantitative estimate of drug-likeness (QED) is 0.212. The lowest BCUT2D eigenvalue weighted by Crippen LogP contribution is -2.41. The van der Waals surface area contributed by atoms with Crippen LogP contribution in [0.5, 0.6) is 0 Å². The molecule has 192 valence electrons. The zero-order valence-corrected chi connectivity index (χ0v) is 21.5. The third-order valence-corrected chi connectivity index (χ3v) is 6.75. The van der Waals surface area contributed by atoms with Crippen LogP contribution in [0, 0.1) is 6.92 Å². The van der Waals surface area contributed by atoms with Gasteiger partial charge >= 0.3 is 0 Å². The van der Waals surface area contributed by atoms with Gasteiger partial charge in [0, 0.05) is 53.9 Å². The van der Waals surface area contributed by atoms with Crippen LogP contribution in [-0.4, -0.2) is 52.4 Å². The number of amides is 2. The number of benzene rings is 1. The monoisotopic (exact) mass is 520 g/mol. The highest BCUT2D eigenvalue weighted by Crippen LogP contribution is 2.27. The van der Waals surface area contributed by atoms with Crippen LogP contribution in [0.2, 0.25) is 5.02 Å². The van der Waals surface area contributed by atoms with Gasteiger partial charge in [-0.05, 0) is 66.3 Å². The van der Waals surface area contributed by atoms with Crippen LogP contribution in [0.15, 0.2) is 53.9 Å². The summed E-state index contributed by atoms with van der Waals surface area (Å²) >= 11 is 6.11. The number of azide groups is 1. The fraction of sp³-hybridized carbons (Fsp3) is 0.346. The average Bonchev–Trinajstić information content (AvgIpc) is 3.38. The number of piperidine rings is 1. The third kappa shape index (κ3) is 6.61. The highest BCUT2D eigenvalue weighted by Gasteiger charge is 2.21. The summed E-state index contributed by atoms with van der Waals surface area (Å²) in [5, 5.41) is 10.6. The van der Waals surface area contributed by atoms with Crippen molar-refractivity contribution in [3.05, 3.63) is 81.1 Å². The summed E-state index contributed by atoms with van der Waals surface area (Å²) in [6, 6.07) is 10.6. The van der Waals surface area contributed by atoms with Crippen molar-refractivity contribution in [3.63, 3.8) is 0 Å². The smallest absolute Gasteiger partial charge is 0.268 e. The van der Waals surface area contributed by atoms with Gasteiger partial charge in [-0.25, -0.2) is 4.98 Å². The summed E-state index contributed by atoms with van der Waals surface area (Å²) in [5.41, 5.74) is 12.7. The lowest BCUT2D eigenvalue weighted by molar-refractivity contribution is -0.129. The van der Waals surface area contributed by atoms with Gasteiger partial charge in [-0.3, -0.25) is 9.59 Å². The number of aromatic amines is 1. The van der Waals surface area contributed by atoms with Crippen LogP contribution in [0.4, 0.5) is 5.82 Å². The van der Waals surface area contributed by atoms with Gasteiger partial charge in [-0.15, -0.1) is 0 Å². The van der Waals surface area contributed by atoms with E-state index in [0.29, 0.717) is 10.7 Å². The number of aryl methyl sites for hydroxylation is 1. The van der Waals surface area contributed by atoms with E-state index in [9.17, 15) is 9.59 Å². The number of aromatic nitrogens is 2. The van der Waals surface area contributed by atoms with Gasteiger partial charge in [0.15, 0.2) is 0 Å². The molecule has 1 aliphatic heterocycles. The SMILES string of the molecule is CC(=O)N1CCC(Nc2cc(-c3c[nH]c(C(=O)N[C@H](CN=[N+]=[N-])c4cccc(Cl)c4)c3)c(C)cn2)CC1. The topological polar surface area (TPSA) is 139 Å². The number of carbonyl (C=O) groups excluding carboxylic acids is 2. The Hall–Kier alpha value is -4.01. The Bertz CT molecular complexity index is 1330. The van der Waals surface area contributed by atoms with Gasteiger partial charge in [0.1, 0.15) is 11.5 Å². The van der Waals surface area contributed by atoms with E-state index in [2.05, 4.69) is 30.6 Å². The number of likely N-dealkylation sites (tertiary alicyclic amines) is 1. The lowest BCUT2D eigenvalue weighted by Gasteiger charge is -2.32. The minimum Gasteiger partial charge on any atom is -0.367 e. The molecule has 37 heavy (non-hydrogen) atoms. The molecule has 2 aromatic heterocycles. The Kier molecular flexibility index (Phi) is 8.32. The molecule has 11 heteroatoms. The van der Waals surface area contributed by atoms with Crippen molar-refractivity contribution in [2.45, 2.75) is 38.8 Å². The average molecular weight is 521 g/mol. The van der Waals surface area contributed by atoms with Crippen LogP contribution >= 0.6 is 11.6 Å². The summed E-state index contributed by atoms with van der Waals surface area (Å²) in [6.45, 7) is 5.10. The summed E-state index contributed by atoms with van der Waals surface area (Å²) in [5.74, 6) is 0.536. The summed E-state index contributed by atoms with van der Waals surface area (Å²) in [7, 11) is 0. The largest absolute Gasteiger partial charge is 0.367 e. The van der Waals surface area contributed by atoms with Gasteiger partial charge in [-0.1, -0.05) is 28.8 Å². The fourth-order valence-corrected chi connectivity index (χ4v) is 4.65. The zero-order valence-electron chi connectivity index (χ0n) is 20.7. The molecule has 1 fully saturated rings. The van der Waals surface area contributed by atoms with Crippen molar-refractivity contribution in [1.82, 2.24) is 20.2 Å². The minimum atomic E-state index is -0.526. The maximum atomic E-state index is 13.0. The van der Waals surface area contributed by atoms with E-state index < -0.39 is 6.04 Å². The first-order valence-electron chi connectivity index (χ1n) is 12.1. The maximum absolute atomic E-state index is 13.0. The van der Waals surface area contributed by atoms with Crippen molar-refractivity contribution >= 4 is 29.2 Å². The fourth-order valence-electron chi connectivity index (χ4n) is 4.45. The van der Waals surface area contributed by atoms with Crippen molar-refractivity contribution in [1.29, 1.82) is 0 Å². The molecule has 1 aromatic carbocycles. The number of pyridine rings is 1. The van der Waals surface area contributed by atoms with Crippen molar-refractivity contribution in [3.8, 4) is 11.1 Å². The van der Waals surface area contributed by atoms with E-state index in [1.807, 2.05) is 30.2 Å². The van der Waals surface area contributed by atoms with E-state index in [1.54, 1.807) is 37.4 Å². The molecular weight excluding hydrogens is 492 g/mol. The first-order chi connectivity index (χ1) is 17.8. The standard InChI is InChI=1S/C26H29ClN8O2/c1-16-13-30-25(32-21-6-8-35(9-7-21)17(2)36)12-22(16)19-11-23(29-14-19)26(37)33-24(15-31-34-28)18-4-3-5-20(27)10-18/h3-5,10-14,21,24,29H,6-9,15H2,1-2H3,(H,30,32)(H,33,37)/t24-/m1/s1. The van der Waals surface area contributed by atoms with Crippen LogP contribution in [0.3, 0.4) is 0 Å². The Balaban J connectivity index is 1.47. The van der Waals surface area contributed by atoms with Gasteiger partial charge in [0.25, 0.3) is 5.91 Å². The van der Waals surface area contributed by atoms with Crippen molar-refractivity contribution < 1.29 is 9.59 Å². The van der Waals surface area contributed by atoms with Crippen molar-refractivity contribution in [2.24, 2.45) is 5.11 Å². The molecule has 10 nitrogen and oxygen atoms in total. The Morgan fingerprint density at radius 2 is 2.08 bits per heavy atom. The molecule has 0 unspecified atom stereocenters. The minimum absolute atomic E-state index is 0.0555. The number of hydrogen-bond acceptors (Lipinski definition) is 5. The molecule has 1 aliphatic rings.